The van der Waals surface area contributed by atoms with Crippen LogP contribution in [0.1, 0.15) is 30.1 Å². The molecule has 0 aliphatic heterocycles. The Kier molecular flexibility index (Phi) is 5.44. The molecule has 2 atom stereocenters. The van der Waals surface area contributed by atoms with Gasteiger partial charge < -0.3 is 11.1 Å². The van der Waals surface area contributed by atoms with Gasteiger partial charge in [-0.1, -0.05) is 65.7 Å². The second kappa shape index (κ2) is 7.09. The molecule has 2 aromatic carbocycles. The predicted molar refractivity (Wildman–Crippen MR) is 86.3 cm³/mol. The van der Waals surface area contributed by atoms with Gasteiger partial charge in [0.15, 0.2) is 0 Å². The van der Waals surface area contributed by atoms with Gasteiger partial charge in [-0.25, -0.2) is 0 Å². The largest absolute Gasteiger partial charge is 0.329 e. The molecule has 0 bridgehead atoms. The van der Waals surface area contributed by atoms with E-state index in [1.165, 1.54) is 5.56 Å². The van der Waals surface area contributed by atoms with Crippen molar-refractivity contribution in [3.63, 3.8) is 0 Å². The van der Waals surface area contributed by atoms with Gasteiger partial charge in [0.1, 0.15) is 0 Å². The highest BCUT2D eigenvalue weighted by molar-refractivity contribution is 6.42. The predicted octanol–water partition coefficient (Wildman–Crippen LogP) is 4.34. The fourth-order valence-electron chi connectivity index (χ4n) is 2.21. The number of rotatable bonds is 5. The summed E-state index contributed by atoms with van der Waals surface area (Å²) in [5, 5.41) is 4.62. The smallest absolute Gasteiger partial charge is 0.0640 e. The van der Waals surface area contributed by atoms with Crippen molar-refractivity contribution in [2.75, 3.05) is 6.54 Å². The van der Waals surface area contributed by atoms with Gasteiger partial charge in [0.2, 0.25) is 0 Å². The van der Waals surface area contributed by atoms with E-state index in [2.05, 4.69) is 24.4 Å². The number of nitrogens with two attached hydrogens (primary N) is 1. The first-order valence-corrected chi connectivity index (χ1v) is 7.34. The lowest BCUT2D eigenvalue weighted by Gasteiger charge is -2.24. The maximum absolute atomic E-state index is 6.27. The molecule has 0 spiro atoms. The number of nitrogens with one attached hydrogen (secondary N) is 1. The molecule has 0 aromatic heterocycles. The summed E-state index contributed by atoms with van der Waals surface area (Å²) < 4.78 is 0. The highest BCUT2D eigenvalue weighted by Gasteiger charge is 2.17. The van der Waals surface area contributed by atoms with Gasteiger partial charge in [0.25, 0.3) is 0 Å². The van der Waals surface area contributed by atoms with E-state index in [1.54, 1.807) is 6.07 Å². The molecule has 0 saturated heterocycles. The van der Waals surface area contributed by atoms with Crippen LogP contribution in [0.3, 0.4) is 0 Å². The molecule has 2 aromatic rings. The number of halogens is 2. The third-order valence-electron chi connectivity index (χ3n) is 3.34. The summed E-state index contributed by atoms with van der Waals surface area (Å²) in [7, 11) is 0. The van der Waals surface area contributed by atoms with Crippen molar-refractivity contribution in [3.8, 4) is 0 Å². The molecule has 4 heteroatoms. The van der Waals surface area contributed by atoms with Gasteiger partial charge in [-0.2, -0.15) is 0 Å². The minimum Gasteiger partial charge on any atom is -0.329 e. The van der Waals surface area contributed by atoms with Gasteiger partial charge in [-0.15, -0.1) is 0 Å². The van der Waals surface area contributed by atoms with Gasteiger partial charge >= 0.3 is 0 Å². The molecule has 2 unspecified atom stereocenters. The van der Waals surface area contributed by atoms with Crippen LogP contribution in [0.5, 0.6) is 0 Å². The van der Waals surface area contributed by atoms with E-state index in [1.807, 2.05) is 30.3 Å². The monoisotopic (exact) mass is 308 g/mol. The number of hydrogen-bond donors (Lipinski definition) is 2. The maximum atomic E-state index is 6.27. The van der Waals surface area contributed by atoms with Crippen LogP contribution in [0.4, 0.5) is 0 Å². The summed E-state index contributed by atoms with van der Waals surface area (Å²) in [6.45, 7) is 2.56. The lowest BCUT2D eigenvalue weighted by molar-refractivity contribution is 0.473. The Hall–Kier alpha value is -1.06. The first-order valence-electron chi connectivity index (χ1n) is 6.58. The van der Waals surface area contributed by atoms with Gasteiger partial charge in [0.05, 0.1) is 10.0 Å². The normalized spacial score (nSPS) is 14.0. The van der Waals surface area contributed by atoms with Gasteiger partial charge in [0, 0.05) is 18.6 Å². The van der Waals surface area contributed by atoms with Crippen molar-refractivity contribution in [3.05, 3.63) is 69.7 Å². The zero-order valence-corrected chi connectivity index (χ0v) is 12.8. The average Bonchev–Trinajstić information content (AvgIpc) is 2.48. The lowest BCUT2D eigenvalue weighted by Crippen LogP contribution is -2.30. The molecule has 2 rings (SSSR count). The minimum absolute atomic E-state index is 0.0311. The summed E-state index contributed by atoms with van der Waals surface area (Å²) in [4.78, 5) is 0. The molecule has 0 aliphatic rings. The van der Waals surface area contributed by atoms with Crippen molar-refractivity contribution in [1.29, 1.82) is 0 Å². The van der Waals surface area contributed by atoms with Crippen molar-refractivity contribution < 1.29 is 0 Å². The first kappa shape index (κ1) is 15.3. The molecule has 2 nitrogen and oxygen atoms in total. The molecule has 0 radical (unpaired) electrons. The van der Waals surface area contributed by atoms with Crippen molar-refractivity contribution in [2.45, 2.75) is 19.0 Å². The summed E-state index contributed by atoms with van der Waals surface area (Å²) in [6.07, 6.45) is 0. The van der Waals surface area contributed by atoms with Crippen LogP contribution in [-0.4, -0.2) is 6.54 Å². The summed E-state index contributed by atoms with van der Waals surface area (Å²) in [5.74, 6) is 0. The van der Waals surface area contributed by atoms with Crippen LogP contribution in [-0.2, 0) is 0 Å². The fourth-order valence-corrected chi connectivity index (χ4v) is 2.65. The highest BCUT2D eigenvalue weighted by Crippen LogP contribution is 2.30. The number of benzene rings is 2. The van der Waals surface area contributed by atoms with Gasteiger partial charge in [-0.05, 0) is 24.1 Å². The fraction of sp³-hybridized carbons (Fsp3) is 0.250. The van der Waals surface area contributed by atoms with Gasteiger partial charge in [-0.3, -0.25) is 0 Å². The van der Waals surface area contributed by atoms with Crippen LogP contribution in [0, 0.1) is 0 Å². The molecule has 0 saturated carbocycles. The Morgan fingerprint density at radius 2 is 1.75 bits per heavy atom. The Bertz CT molecular complexity index is 558. The lowest BCUT2D eigenvalue weighted by atomic mass is 10.0. The Morgan fingerprint density at radius 3 is 2.40 bits per heavy atom. The van der Waals surface area contributed by atoms with E-state index in [0.717, 1.165) is 5.56 Å². The van der Waals surface area contributed by atoms with E-state index in [9.17, 15) is 0 Å². The quantitative estimate of drug-likeness (QED) is 0.862. The summed E-state index contributed by atoms with van der Waals surface area (Å²) >= 11 is 12.3. The Labute approximate surface area is 129 Å². The van der Waals surface area contributed by atoms with Crippen molar-refractivity contribution in [2.24, 2.45) is 5.73 Å². The topological polar surface area (TPSA) is 38.0 Å². The van der Waals surface area contributed by atoms with E-state index < -0.39 is 0 Å². The SMILES string of the molecule is CC(NC(CN)c1cccc(Cl)c1Cl)c1ccccc1. The zero-order chi connectivity index (χ0) is 14.5. The standard InChI is InChI=1S/C16H18Cl2N2/c1-11(12-6-3-2-4-7-12)20-15(10-19)13-8-5-9-14(17)16(13)18/h2-9,11,15,20H,10,19H2,1H3. The van der Waals surface area contributed by atoms with E-state index >= 15 is 0 Å². The zero-order valence-electron chi connectivity index (χ0n) is 11.3. The molecule has 106 valence electrons. The highest BCUT2D eigenvalue weighted by atomic mass is 35.5. The van der Waals surface area contributed by atoms with Crippen molar-refractivity contribution in [1.82, 2.24) is 5.32 Å². The van der Waals surface area contributed by atoms with E-state index in [4.69, 9.17) is 28.9 Å². The Balaban J connectivity index is 2.19. The number of hydrogen-bond acceptors (Lipinski definition) is 2. The second-order valence-corrected chi connectivity index (χ2v) is 5.52. The van der Waals surface area contributed by atoms with Crippen LogP contribution in [0.2, 0.25) is 10.0 Å². The third kappa shape index (κ3) is 3.53. The van der Waals surface area contributed by atoms with Crippen LogP contribution in [0.25, 0.3) is 0 Å². The summed E-state index contributed by atoms with van der Waals surface area (Å²) in [5.41, 5.74) is 8.03. The molecule has 0 heterocycles. The van der Waals surface area contributed by atoms with Crippen molar-refractivity contribution >= 4 is 23.2 Å². The second-order valence-electron chi connectivity index (χ2n) is 4.73. The third-order valence-corrected chi connectivity index (χ3v) is 4.18. The molecular weight excluding hydrogens is 291 g/mol. The molecule has 3 N–H and O–H groups in total. The summed E-state index contributed by atoms with van der Waals surface area (Å²) in [6, 6.07) is 16.0. The van der Waals surface area contributed by atoms with Crippen LogP contribution in [0.15, 0.2) is 48.5 Å². The first-order chi connectivity index (χ1) is 9.63. The van der Waals surface area contributed by atoms with Crippen LogP contribution < -0.4 is 11.1 Å². The average molecular weight is 309 g/mol. The molecule has 20 heavy (non-hydrogen) atoms. The van der Waals surface area contributed by atoms with E-state index in [-0.39, 0.29) is 12.1 Å². The molecule has 0 amide bonds. The minimum atomic E-state index is -0.0311. The van der Waals surface area contributed by atoms with Crippen LogP contribution >= 0.6 is 23.2 Å². The van der Waals surface area contributed by atoms with E-state index in [0.29, 0.717) is 16.6 Å². The molecular formula is C16H18Cl2N2. The Morgan fingerprint density at radius 1 is 1.05 bits per heavy atom. The maximum Gasteiger partial charge on any atom is 0.0640 e. The molecule has 0 fully saturated rings. The molecule has 0 aliphatic carbocycles.